The summed E-state index contributed by atoms with van der Waals surface area (Å²) in [7, 11) is -4.16. The summed E-state index contributed by atoms with van der Waals surface area (Å²) in [5.41, 5.74) is 2.94. The maximum Gasteiger partial charge on any atom is 0.264 e. The van der Waals surface area contributed by atoms with E-state index in [9.17, 15) is 18.0 Å². The number of thioether (sulfide) groups is 1. The zero-order valence-corrected chi connectivity index (χ0v) is 28.7. The fourth-order valence-electron chi connectivity index (χ4n) is 4.96. The molecule has 0 fully saturated rings. The molecule has 4 aromatic carbocycles. The minimum atomic E-state index is -4.16. The molecule has 0 saturated carbocycles. The average Bonchev–Trinajstić information content (AvgIpc) is 3.07. The van der Waals surface area contributed by atoms with Crippen LogP contribution in [-0.2, 0) is 32.6 Å². The number of amides is 2. The molecule has 0 aliphatic heterocycles. The average molecular weight is 678 g/mol. The largest absolute Gasteiger partial charge is 0.354 e. The second kappa shape index (κ2) is 16.7. The molecule has 0 saturated heterocycles. The number of hydrogen-bond donors (Lipinski definition) is 1. The van der Waals surface area contributed by atoms with Crippen LogP contribution < -0.4 is 9.62 Å². The number of hydrogen-bond acceptors (Lipinski definition) is 5. The van der Waals surface area contributed by atoms with E-state index in [2.05, 4.69) is 5.32 Å². The van der Waals surface area contributed by atoms with Gasteiger partial charge in [0.1, 0.15) is 12.6 Å². The molecule has 46 heavy (non-hydrogen) atoms. The fourth-order valence-corrected chi connectivity index (χ4v) is 6.91. The molecule has 0 radical (unpaired) electrons. The summed E-state index contributed by atoms with van der Waals surface area (Å²) in [6.07, 6.45) is 3.87. The van der Waals surface area contributed by atoms with Gasteiger partial charge in [0, 0.05) is 29.4 Å². The zero-order valence-electron chi connectivity index (χ0n) is 26.4. The van der Waals surface area contributed by atoms with Gasteiger partial charge in [-0.15, -0.1) is 11.8 Å². The minimum absolute atomic E-state index is 0.0704. The molecule has 0 bridgehead atoms. The van der Waals surface area contributed by atoms with Crippen LogP contribution in [-0.4, -0.2) is 50.5 Å². The Hall–Kier alpha value is -3.79. The van der Waals surface area contributed by atoms with Crippen LogP contribution in [0.4, 0.5) is 5.69 Å². The Morgan fingerprint density at radius 2 is 1.52 bits per heavy atom. The molecule has 4 rings (SSSR count). The summed E-state index contributed by atoms with van der Waals surface area (Å²) in [4.78, 5) is 30.8. The van der Waals surface area contributed by atoms with Crippen LogP contribution in [0.5, 0.6) is 0 Å². The smallest absolute Gasteiger partial charge is 0.264 e. The molecule has 0 heterocycles. The van der Waals surface area contributed by atoms with Crippen molar-refractivity contribution < 1.29 is 18.0 Å². The van der Waals surface area contributed by atoms with Gasteiger partial charge in [0.25, 0.3) is 10.0 Å². The molecule has 0 aliphatic rings. The normalized spacial score (nSPS) is 11.9. The van der Waals surface area contributed by atoms with Crippen molar-refractivity contribution in [3.63, 3.8) is 0 Å². The lowest BCUT2D eigenvalue weighted by molar-refractivity contribution is -0.140. The summed E-state index contributed by atoms with van der Waals surface area (Å²) in [6, 6.07) is 29.3. The molecule has 0 aromatic heterocycles. The minimum Gasteiger partial charge on any atom is -0.354 e. The van der Waals surface area contributed by atoms with Crippen LogP contribution in [0.25, 0.3) is 0 Å². The fraction of sp³-hybridized carbons (Fsp3) is 0.278. The van der Waals surface area contributed by atoms with Gasteiger partial charge in [0.2, 0.25) is 11.8 Å². The predicted octanol–water partition coefficient (Wildman–Crippen LogP) is 7.12. The SMILES string of the molecule is CCCCNC(=O)[C@@H](Cc1ccccc1)N(Cc1ccc(Cl)cc1)C(=O)CN(c1ccc(C)cc1)S(=O)(=O)c1ccc(SC)cc1. The van der Waals surface area contributed by atoms with Crippen molar-refractivity contribution in [1.29, 1.82) is 0 Å². The van der Waals surface area contributed by atoms with Gasteiger partial charge in [0.05, 0.1) is 10.6 Å². The lowest BCUT2D eigenvalue weighted by Gasteiger charge is -2.34. The predicted molar refractivity (Wildman–Crippen MR) is 188 cm³/mol. The third kappa shape index (κ3) is 9.37. The molecule has 10 heteroatoms. The van der Waals surface area contributed by atoms with Crippen LogP contribution >= 0.6 is 23.4 Å². The van der Waals surface area contributed by atoms with E-state index in [-0.39, 0.29) is 23.8 Å². The molecule has 7 nitrogen and oxygen atoms in total. The topological polar surface area (TPSA) is 86.8 Å². The molecule has 0 unspecified atom stereocenters. The van der Waals surface area contributed by atoms with Gasteiger partial charge >= 0.3 is 0 Å². The third-order valence-corrected chi connectivity index (χ3v) is 10.4. The summed E-state index contributed by atoms with van der Waals surface area (Å²) in [5, 5.41) is 3.55. The number of carbonyl (C=O) groups is 2. The Balaban J connectivity index is 1.78. The van der Waals surface area contributed by atoms with Gasteiger partial charge in [-0.3, -0.25) is 13.9 Å². The van der Waals surface area contributed by atoms with Crippen LogP contribution in [0.3, 0.4) is 0 Å². The van der Waals surface area contributed by atoms with Crippen LogP contribution in [0.15, 0.2) is 113 Å². The molecule has 1 atom stereocenters. The Bertz CT molecular complexity index is 1680. The number of benzene rings is 4. The maximum absolute atomic E-state index is 14.5. The lowest BCUT2D eigenvalue weighted by Crippen LogP contribution is -2.53. The van der Waals surface area contributed by atoms with Crippen molar-refractivity contribution in [2.45, 2.75) is 55.5 Å². The number of rotatable bonds is 15. The van der Waals surface area contributed by atoms with E-state index >= 15 is 0 Å². The number of nitrogens with zero attached hydrogens (tertiary/aromatic N) is 2. The highest BCUT2D eigenvalue weighted by Gasteiger charge is 2.34. The molecule has 4 aromatic rings. The van der Waals surface area contributed by atoms with E-state index < -0.39 is 28.5 Å². The van der Waals surface area contributed by atoms with Crippen molar-refractivity contribution in [3.8, 4) is 0 Å². The monoisotopic (exact) mass is 677 g/mol. The summed E-state index contributed by atoms with van der Waals surface area (Å²) in [5.74, 6) is -0.802. The number of carbonyl (C=O) groups excluding carboxylic acids is 2. The van der Waals surface area contributed by atoms with E-state index in [4.69, 9.17) is 11.6 Å². The Kier molecular flexibility index (Phi) is 12.7. The van der Waals surface area contributed by atoms with Gasteiger partial charge in [-0.1, -0.05) is 85.1 Å². The lowest BCUT2D eigenvalue weighted by atomic mass is 10.0. The second-order valence-electron chi connectivity index (χ2n) is 11.0. The molecular formula is C36H40ClN3O4S2. The standard InChI is InChI=1S/C36H40ClN3O4S2/c1-4-5-23-38-36(42)34(24-28-9-7-6-8-10-28)39(25-29-13-15-30(37)16-14-29)35(41)26-40(31-17-11-27(2)12-18-31)46(43,44)33-21-19-32(45-3)20-22-33/h6-22,34H,4-5,23-26H2,1-3H3,(H,38,42)/t34-/m1/s1. The summed E-state index contributed by atoms with van der Waals surface area (Å²) in [6.45, 7) is 4.00. The molecular weight excluding hydrogens is 638 g/mol. The third-order valence-electron chi connectivity index (χ3n) is 7.62. The van der Waals surface area contributed by atoms with Gasteiger partial charge in [-0.2, -0.15) is 0 Å². The summed E-state index contributed by atoms with van der Waals surface area (Å²) >= 11 is 7.67. The highest BCUT2D eigenvalue weighted by Crippen LogP contribution is 2.27. The number of halogens is 1. The van der Waals surface area contributed by atoms with Gasteiger partial charge in [0.15, 0.2) is 0 Å². The van der Waals surface area contributed by atoms with E-state index in [0.717, 1.165) is 38.7 Å². The highest BCUT2D eigenvalue weighted by atomic mass is 35.5. The number of anilines is 1. The van der Waals surface area contributed by atoms with E-state index in [1.165, 1.54) is 16.7 Å². The Morgan fingerprint density at radius 1 is 0.870 bits per heavy atom. The van der Waals surface area contributed by atoms with E-state index in [1.807, 2.05) is 62.6 Å². The van der Waals surface area contributed by atoms with Gasteiger partial charge in [-0.05, 0) is 79.3 Å². The number of sulfonamides is 1. The summed E-state index contributed by atoms with van der Waals surface area (Å²) < 4.78 is 29.5. The molecule has 0 aliphatic carbocycles. The number of nitrogens with one attached hydrogen (secondary N) is 1. The Morgan fingerprint density at radius 3 is 2.13 bits per heavy atom. The first-order chi connectivity index (χ1) is 22.1. The van der Waals surface area contributed by atoms with E-state index in [1.54, 1.807) is 60.7 Å². The molecule has 1 N–H and O–H groups in total. The van der Waals surface area contributed by atoms with Crippen molar-refractivity contribution in [1.82, 2.24) is 10.2 Å². The first-order valence-corrected chi connectivity index (χ1v) is 18.3. The van der Waals surface area contributed by atoms with Crippen molar-refractivity contribution in [2.75, 3.05) is 23.7 Å². The van der Waals surface area contributed by atoms with Gasteiger partial charge in [-0.25, -0.2) is 8.42 Å². The maximum atomic E-state index is 14.5. The molecule has 242 valence electrons. The number of aryl methyl sites for hydroxylation is 1. The second-order valence-corrected chi connectivity index (χ2v) is 14.2. The molecule has 2 amide bonds. The number of unbranched alkanes of at least 4 members (excludes halogenated alkanes) is 1. The Labute approximate surface area is 282 Å². The van der Waals surface area contributed by atoms with Crippen LogP contribution in [0, 0.1) is 6.92 Å². The zero-order chi connectivity index (χ0) is 33.1. The van der Waals surface area contributed by atoms with E-state index in [0.29, 0.717) is 17.3 Å². The van der Waals surface area contributed by atoms with Gasteiger partial charge < -0.3 is 10.2 Å². The first kappa shape index (κ1) is 35.1. The van der Waals surface area contributed by atoms with Crippen molar-refractivity contribution >= 4 is 50.9 Å². The quantitative estimate of drug-likeness (QED) is 0.107. The van der Waals surface area contributed by atoms with Crippen LogP contribution in [0.1, 0.15) is 36.5 Å². The van der Waals surface area contributed by atoms with Crippen LogP contribution in [0.2, 0.25) is 5.02 Å². The molecule has 0 spiro atoms. The first-order valence-electron chi connectivity index (χ1n) is 15.2. The van der Waals surface area contributed by atoms with Crippen molar-refractivity contribution in [3.05, 3.63) is 125 Å². The van der Waals surface area contributed by atoms with Crippen molar-refractivity contribution in [2.24, 2.45) is 0 Å². The highest BCUT2D eigenvalue weighted by molar-refractivity contribution is 7.98.